The molecule has 4 heteroatoms. The minimum Gasteiger partial charge on any atom is -0.505 e. The first-order chi connectivity index (χ1) is 9.63. The molecule has 98 valence electrons. The number of rotatable bonds is 2. The van der Waals surface area contributed by atoms with Crippen molar-refractivity contribution in [3.8, 4) is 11.3 Å². The van der Waals surface area contributed by atoms with Crippen molar-refractivity contribution in [3.05, 3.63) is 71.3 Å². The number of fused-ring (bicyclic) bond motifs is 1. The number of nitrogens with zero attached hydrogens (tertiary/aromatic N) is 1. The zero-order valence-corrected chi connectivity index (χ0v) is 10.6. The van der Waals surface area contributed by atoms with Crippen molar-refractivity contribution in [3.63, 3.8) is 0 Å². The largest absolute Gasteiger partial charge is 0.505 e. The maximum Gasteiger partial charge on any atom is 0.251 e. The maximum absolute atomic E-state index is 11.6. The van der Waals surface area contributed by atoms with E-state index in [1.165, 1.54) is 6.07 Å². The number of hydrogen-bond acceptors (Lipinski definition) is 3. The van der Waals surface area contributed by atoms with Gasteiger partial charge in [0.15, 0.2) is 11.6 Å². The van der Waals surface area contributed by atoms with Gasteiger partial charge in [-0.15, -0.1) is 0 Å². The van der Waals surface area contributed by atoms with Gasteiger partial charge in [-0.3, -0.25) is 4.79 Å². The molecule has 0 radical (unpaired) electrons. The van der Waals surface area contributed by atoms with Crippen LogP contribution in [0, 0.1) is 0 Å². The van der Waals surface area contributed by atoms with Crippen LogP contribution in [0.4, 0.5) is 0 Å². The Morgan fingerprint density at radius 1 is 1.10 bits per heavy atom. The van der Waals surface area contributed by atoms with Crippen LogP contribution in [0.15, 0.2) is 59.9 Å². The smallest absolute Gasteiger partial charge is 0.251 e. The van der Waals surface area contributed by atoms with Crippen LogP contribution in [0.1, 0.15) is 5.82 Å². The van der Waals surface area contributed by atoms with Gasteiger partial charge in [0.1, 0.15) is 0 Å². The molecule has 0 fully saturated rings. The molecule has 1 heterocycles. The second-order valence-electron chi connectivity index (χ2n) is 4.49. The average Bonchev–Trinajstić information content (AvgIpc) is 2.46. The molecule has 0 amide bonds. The van der Waals surface area contributed by atoms with Gasteiger partial charge in [-0.25, -0.2) is 4.98 Å². The highest BCUT2D eigenvalue weighted by Crippen LogP contribution is 2.22. The predicted octanol–water partition coefficient (Wildman–Crippen LogP) is 3.12. The predicted molar refractivity (Wildman–Crippen MR) is 79.5 cm³/mol. The molecule has 1 aromatic heterocycles. The van der Waals surface area contributed by atoms with Crippen molar-refractivity contribution < 1.29 is 5.11 Å². The molecule has 0 unspecified atom stereocenters. The van der Waals surface area contributed by atoms with E-state index in [2.05, 4.69) is 16.5 Å². The van der Waals surface area contributed by atoms with Crippen LogP contribution in [-0.4, -0.2) is 15.1 Å². The monoisotopic (exact) mass is 264 g/mol. The van der Waals surface area contributed by atoms with Gasteiger partial charge < -0.3 is 10.1 Å². The summed E-state index contributed by atoms with van der Waals surface area (Å²) in [4.78, 5) is 18.2. The fourth-order valence-electron chi connectivity index (χ4n) is 2.09. The van der Waals surface area contributed by atoms with Gasteiger partial charge in [0.05, 0.1) is 5.69 Å². The van der Waals surface area contributed by atoms with Gasteiger partial charge in [-0.1, -0.05) is 43.0 Å². The molecular weight excluding hydrogens is 252 g/mol. The summed E-state index contributed by atoms with van der Waals surface area (Å²) in [7, 11) is 0. The lowest BCUT2D eigenvalue weighted by Crippen LogP contribution is -2.10. The van der Waals surface area contributed by atoms with E-state index < -0.39 is 0 Å². The molecule has 2 aromatic carbocycles. The van der Waals surface area contributed by atoms with Crippen LogP contribution in [-0.2, 0) is 0 Å². The molecule has 0 aliphatic heterocycles. The van der Waals surface area contributed by atoms with E-state index in [4.69, 9.17) is 0 Å². The third-order valence-electron chi connectivity index (χ3n) is 3.06. The van der Waals surface area contributed by atoms with Crippen LogP contribution < -0.4 is 5.56 Å². The fraction of sp³-hybridized carbons (Fsp3) is 0. The van der Waals surface area contributed by atoms with Crippen molar-refractivity contribution in [1.82, 2.24) is 9.97 Å². The minimum absolute atomic E-state index is 0.0839. The summed E-state index contributed by atoms with van der Waals surface area (Å²) in [5.74, 6) is -0.176. The van der Waals surface area contributed by atoms with Crippen molar-refractivity contribution in [2.24, 2.45) is 0 Å². The lowest BCUT2D eigenvalue weighted by molar-refractivity contribution is 0.506. The van der Waals surface area contributed by atoms with Crippen LogP contribution in [0.25, 0.3) is 27.8 Å². The Balaban J connectivity index is 2.20. The van der Waals surface area contributed by atoms with Gasteiger partial charge in [0.2, 0.25) is 0 Å². The summed E-state index contributed by atoms with van der Waals surface area (Å²) < 4.78 is 0. The summed E-state index contributed by atoms with van der Waals surface area (Å²) >= 11 is 0. The second-order valence-corrected chi connectivity index (χ2v) is 4.49. The highest BCUT2D eigenvalue weighted by Gasteiger charge is 2.06. The Kier molecular flexibility index (Phi) is 2.84. The van der Waals surface area contributed by atoms with Gasteiger partial charge in [0.25, 0.3) is 5.56 Å². The molecular formula is C16H12N2O2. The van der Waals surface area contributed by atoms with Crippen molar-refractivity contribution >= 4 is 16.5 Å². The number of aliphatic hydroxyl groups is 1. The van der Waals surface area contributed by atoms with E-state index in [-0.39, 0.29) is 17.1 Å². The van der Waals surface area contributed by atoms with Crippen LogP contribution in [0.3, 0.4) is 0 Å². The van der Waals surface area contributed by atoms with Crippen molar-refractivity contribution in [1.29, 1.82) is 0 Å². The Morgan fingerprint density at radius 2 is 1.85 bits per heavy atom. The van der Waals surface area contributed by atoms with E-state index >= 15 is 0 Å². The molecule has 0 saturated carbocycles. The van der Waals surface area contributed by atoms with Crippen LogP contribution in [0.2, 0.25) is 0 Å². The van der Waals surface area contributed by atoms with E-state index in [0.717, 1.165) is 16.3 Å². The number of aromatic nitrogens is 2. The summed E-state index contributed by atoms with van der Waals surface area (Å²) in [6.45, 7) is 3.37. The Morgan fingerprint density at radius 3 is 2.60 bits per heavy atom. The molecule has 0 aliphatic rings. The number of hydrogen-bond donors (Lipinski definition) is 2. The molecule has 2 N–H and O–H groups in total. The molecule has 0 spiro atoms. The third kappa shape index (κ3) is 2.19. The molecule has 3 aromatic rings. The fourth-order valence-corrected chi connectivity index (χ4v) is 2.09. The number of aromatic amines is 1. The topological polar surface area (TPSA) is 66.0 Å². The van der Waals surface area contributed by atoms with Gasteiger partial charge in [-0.2, -0.15) is 0 Å². The number of nitrogens with one attached hydrogen (secondary N) is 1. The molecule has 0 atom stereocenters. The first-order valence-electron chi connectivity index (χ1n) is 6.12. The highest BCUT2D eigenvalue weighted by molar-refractivity contribution is 5.86. The zero-order valence-electron chi connectivity index (χ0n) is 10.6. The standard InChI is InChI=1S/C16H12N2O2/c1-10(19)16-17-14(9-15(20)18-16)13-7-6-11-4-2-3-5-12(11)8-13/h2-9,19H,1H2,(H,17,18,20). The summed E-state index contributed by atoms with van der Waals surface area (Å²) in [6.07, 6.45) is 0. The Labute approximate surface area is 115 Å². The third-order valence-corrected chi connectivity index (χ3v) is 3.06. The number of aliphatic hydroxyl groups excluding tert-OH is 1. The van der Waals surface area contributed by atoms with E-state index in [9.17, 15) is 9.90 Å². The molecule has 0 saturated heterocycles. The van der Waals surface area contributed by atoms with E-state index in [0.29, 0.717) is 5.69 Å². The second kappa shape index (κ2) is 4.66. The lowest BCUT2D eigenvalue weighted by atomic mass is 10.1. The normalized spacial score (nSPS) is 10.6. The number of H-pyrrole nitrogens is 1. The van der Waals surface area contributed by atoms with E-state index in [1.54, 1.807) is 0 Å². The first kappa shape index (κ1) is 12.2. The molecule has 3 rings (SSSR count). The lowest BCUT2D eigenvalue weighted by Gasteiger charge is -2.05. The maximum atomic E-state index is 11.6. The van der Waals surface area contributed by atoms with E-state index in [1.807, 2.05) is 42.5 Å². The molecule has 0 aliphatic carbocycles. The van der Waals surface area contributed by atoms with Crippen molar-refractivity contribution in [2.45, 2.75) is 0 Å². The van der Waals surface area contributed by atoms with Gasteiger partial charge in [0, 0.05) is 11.6 Å². The Bertz CT molecular complexity index is 865. The quantitative estimate of drug-likeness (QED) is 0.699. The van der Waals surface area contributed by atoms with Gasteiger partial charge in [-0.05, 0) is 16.8 Å². The van der Waals surface area contributed by atoms with Gasteiger partial charge >= 0.3 is 0 Å². The summed E-state index contributed by atoms with van der Waals surface area (Å²) in [5.41, 5.74) is 0.996. The Hall–Kier alpha value is -2.88. The number of benzene rings is 2. The van der Waals surface area contributed by atoms with Crippen molar-refractivity contribution in [2.75, 3.05) is 0 Å². The SMILES string of the molecule is C=C(O)c1nc(-c2ccc3ccccc3c2)cc(=O)[nH]1. The molecule has 4 nitrogen and oxygen atoms in total. The summed E-state index contributed by atoms with van der Waals surface area (Å²) in [6, 6.07) is 15.2. The summed E-state index contributed by atoms with van der Waals surface area (Å²) in [5, 5.41) is 11.5. The van der Waals surface area contributed by atoms with Crippen LogP contribution in [0.5, 0.6) is 0 Å². The minimum atomic E-state index is -0.326. The molecule has 20 heavy (non-hydrogen) atoms. The van der Waals surface area contributed by atoms with Crippen LogP contribution >= 0.6 is 0 Å². The first-order valence-corrected chi connectivity index (χ1v) is 6.12. The zero-order chi connectivity index (χ0) is 14.1. The highest BCUT2D eigenvalue weighted by atomic mass is 16.3. The molecule has 0 bridgehead atoms. The average molecular weight is 264 g/mol.